The molecule has 1 N–H and O–H groups in total. The molecular weight excluding hydrogens is 531 g/mol. The summed E-state index contributed by atoms with van der Waals surface area (Å²) >= 11 is 6.17. The van der Waals surface area contributed by atoms with Crippen LogP contribution in [0.4, 0.5) is 15.8 Å². The molecule has 0 bridgehead atoms. The van der Waals surface area contributed by atoms with E-state index in [9.17, 15) is 17.6 Å². The minimum atomic E-state index is -4.17. The van der Waals surface area contributed by atoms with Gasteiger partial charge in [0.15, 0.2) is 17.2 Å². The lowest BCUT2D eigenvalue weighted by molar-refractivity contribution is -0.114. The van der Waals surface area contributed by atoms with Gasteiger partial charge in [-0.15, -0.1) is 0 Å². The van der Waals surface area contributed by atoms with Gasteiger partial charge in [-0.3, -0.25) is 9.10 Å². The molecular formula is C28H24ClFN2O5S. The van der Waals surface area contributed by atoms with Crippen molar-refractivity contribution in [2.45, 2.75) is 11.8 Å². The standard InChI is InChI=1S/C28H24ClFN2O5S/c1-19-7-14-23(15-8-19)38(34,35)32(22-12-10-21(30)11-13-22)18-28(33)31-24-17-20(29)9-16-25(24)37-27-6-4-3-5-26(27)36-2/h3-17H,18H2,1-2H3,(H,31,33). The van der Waals surface area contributed by atoms with Crippen molar-refractivity contribution < 1.29 is 27.1 Å². The number of carbonyl (C=O) groups is 1. The molecule has 0 heterocycles. The average Bonchev–Trinajstić information content (AvgIpc) is 2.90. The van der Waals surface area contributed by atoms with Gasteiger partial charge in [-0.05, 0) is 73.7 Å². The molecule has 38 heavy (non-hydrogen) atoms. The van der Waals surface area contributed by atoms with Gasteiger partial charge < -0.3 is 14.8 Å². The Morgan fingerprint density at radius 1 is 0.921 bits per heavy atom. The topological polar surface area (TPSA) is 84.9 Å². The zero-order valence-corrected chi connectivity index (χ0v) is 22.1. The molecule has 4 aromatic rings. The third kappa shape index (κ3) is 6.24. The van der Waals surface area contributed by atoms with Crippen molar-refractivity contribution in [3.63, 3.8) is 0 Å². The summed E-state index contributed by atoms with van der Waals surface area (Å²) in [6.45, 7) is 1.24. The molecule has 1 amide bonds. The van der Waals surface area contributed by atoms with Crippen molar-refractivity contribution in [2.75, 3.05) is 23.3 Å². The summed E-state index contributed by atoms with van der Waals surface area (Å²) in [6.07, 6.45) is 0. The average molecular weight is 555 g/mol. The molecule has 0 atom stereocenters. The lowest BCUT2D eigenvalue weighted by atomic mass is 10.2. The van der Waals surface area contributed by atoms with Crippen LogP contribution in [0, 0.1) is 12.7 Å². The van der Waals surface area contributed by atoms with Crippen LogP contribution < -0.4 is 19.1 Å². The highest BCUT2D eigenvalue weighted by Gasteiger charge is 2.28. The van der Waals surface area contributed by atoms with Crippen molar-refractivity contribution in [3.8, 4) is 17.2 Å². The number of methoxy groups -OCH3 is 1. The van der Waals surface area contributed by atoms with E-state index < -0.39 is 28.3 Å². The van der Waals surface area contributed by atoms with Gasteiger partial charge >= 0.3 is 0 Å². The Bertz CT molecular complexity index is 1540. The van der Waals surface area contributed by atoms with E-state index in [0.29, 0.717) is 16.5 Å². The summed E-state index contributed by atoms with van der Waals surface area (Å²) in [6, 6.07) is 22.7. The molecule has 0 aliphatic rings. The highest BCUT2D eigenvalue weighted by molar-refractivity contribution is 7.92. The predicted molar refractivity (Wildman–Crippen MR) is 145 cm³/mol. The first kappa shape index (κ1) is 27.0. The van der Waals surface area contributed by atoms with Crippen LogP contribution in [-0.4, -0.2) is 28.0 Å². The van der Waals surface area contributed by atoms with Crippen LogP contribution in [0.25, 0.3) is 0 Å². The largest absolute Gasteiger partial charge is 0.493 e. The predicted octanol–water partition coefficient (Wildman–Crippen LogP) is 6.42. The molecule has 0 fully saturated rings. The van der Waals surface area contributed by atoms with E-state index in [-0.39, 0.29) is 22.0 Å². The van der Waals surface area contributed by atoms with Gasteiger partial charge in [0.25, 0.3) is 10.0 Å². The monoisotopic (exact) mass is 554 g/mol. The third-order valence-electron chi connectivity index (χ3n) is 5.52. The number of para-hydroxylation sites is 2. The van der Waals surface area contributed by atoms with Crippen molar-refractivity contribution >= 4 is 38.9 Å². The molecule has 4 rings (SSSR count). The number of carbonyl (C=O) groups excluding carboxylic acids is 1. The number of benzene rings is 4. The van der Waals surface area contributed by atoms with Gasteiger partial charge in [-0.1, -0.05) is 41.4 Å². The summed E-state index contributed by atoms with van der Waals surface area (Å²) in [5, 5.41) is 3.01. The number of aryl methyl sites for hydroxylation is 1. The molecule has 196 valence electrons. The van der Waals surface area contributed by atoms with E-state index in [2.05, 4.69) is 5.32 Å². The molecule has 0 saturated carbocycles. The lowest BCUT2D eigenvalue weighted by Gasteiger charge is -2.24. The summed E-state index contributed by atoms with van der Waals surface area (Å²) < 4.78 is 52.9. The molecule has 0 aromatic heterocycles. The quantitative estimate of drug-likeness (QED) is 0.258. The van der Waals surface area contributed by atoms with E-state index in [0.717, 1.165) is 22.0 Å². The van der Waals surface area contributed by atoms with Crippen LogP contribution >= 0.6 is 11.6 Å². The van der Waals surface area contributed by atoms with Gasteiger partial charge in [-0.25, -0.2) is 12.8 Å². The minimum absolute atomic E-state index is 0.0109. The summed E-state index contributed by atoms with van der Waals surface area (Å²) in [5.41, 5.74) is 1.22. The summed E-state index contributed by atoms with van der Waals surface area (Å²) in [7, 11) is -2.67. The fraction of sp³-hybridized carbons (Fsp3) is 0.107. The molecule has 7 nitrogen and oxygen atoms in total. The van der Waals surface area contributed by atoms with Crippen LogP contribution in [-0.2, 0) is 14.8 Å². The van der Waals surface area contributed by atoms with E-state index in [1.165, 1.54) is 37.4 Å². The van der Waals surface area contributed by atoms with E-state index in [1.54, 1.807) is 48.5 Å². The fourth-order valence-corrected chi connectivity index (χ4v) is 5.18. The van der Waals surface area contributed by atoms with Crippen LogP contribution in [0.15, 0.2) is 95.9 Å². The Morgan fingerprint density at radius 3 is 2.24 bits per heavy atom. The maximum atomic E-state index is 13.6. The zero-order valence-electron chi connectivity index (χ0n) is 20.5. The van der Waals surface area contributed by atoms with Crippen molar-refractivity contribution in [3.05, 3.63) is 107 Å². The number of rotatable bonds is 9. The first-order valence-corrected chi connectivity index (χ1v) is 13.2. The van der Waals surface area contributed by atoms with Gasteiger partial charge in [0, 0.05) is 5.02 Å². The second-order valence-electron chi connectivity index (χ2n) is 8.24. The van der Waals surface area contributed by atoms with Gasteiger partial charge in [-0.2, -0.15) is 0 Å². The summed E-state index contributed by atoms with van der Waals surface area (Å²) in [4.78, 5) is 13.2. The zero-order chi connectivity index (χ0) is 27.3. The van der Waals surface area contributed by atoms with E-state index in [4.69, 9.17) is 21.1 Å². The van der Waals surface area contributed by atoms with Gasteiger partial charge in [0.05, 0.1) is 23.4 Å². The molecule has 10 heteroatoms. The van der Waals surface area contributed by atoms with Crippen LogP contribution in [0.2, 0.25) is 5.02 Å². The number of nitrogens with one attached hydrogen (secondary N) is 1. The molecule has 0 saturated heterocycles. The number of hydrogen-bond donors (Lipinski definition) is 1. The van der Waals surface area contributed by atoms with E-state index in [1.807, 2.05) is 6.92 Å². The molecule has 0 aliphatic heterocycles. The van der Waals surface area contributed by atoms with Crippen molar-refractivity contribution in [1.29, 1.82) is 0 Å². The van der Waals surface area contributed by atoms with Gasteiger partial charge in [0.2, 0.25) is 5.91 Å². The van der Waals surface area contributed by atoms with Crippen molar-refractivity contribution in [2.24, 2.45) is 0 Å². The highest BCUT2D eigenvalue weighted by atomic mass is 35.5. The maximum Gasteiger partial charge on any atom is 0.264 e. The number of ether oxygens (including phenoxy) is 2. The number of halogens is 2. The Balaban J connectivity index is 1.64. The number of sulfonamides is 1. The molecule has 0 aliphatic carbocycles. The Morgan fingerprint density at radius 2 is 1.58 bits per heavy atom. The number of anilines is 2. The first-order chi connectivity index (χ1) is 18.2. The fourth-order valence-electron chi connectivity index (χ4n) is 3.59. The molecule has 4 aromatic carbocycles. The highest BCUT2D eigenvalue weighted by Crippen LogP contribution is 2.36. The van der Waals surface area contributed by atoms with E-state index >= 15 is 0 Å². The van der Waals surface area contributed by atoms with Crippen LogP contribution in [0.3, 0.4) is 0 Å². The minimum Gasteiger partial charge on any atom is -0.493 e. The van der Waals surface area contributed by atoms with Crippen LogP contribution in [0.1, 0.15) is 5.56 Å². The molecule has 0 unspecified atom stereocenters. The Labute approximate surface area is 225 Å². The number of hydrogen-bond acceptors (Lipinski definition) is 5. The number of nitrogens with zero attached hydrogens (tertiary/aromatic N) is 1. The normalized spacial score (nSPS) is 11.1. The molecule has 0 radical (unpaired) electrons. The lowest BCUT2D eigenvalue weighted by Crippen LogP contribution is -2.38. The smallest absolute Gasteiger partial charge is 0.264 e. The second kappa shape index (κ2) is 11.5. The number of amides is 1. The summed E-state index contributed by atoms with van der Waals surface area (Å²) in [5.74, 6) is -0.0591. The second-order valence-corrected chi connectivity index (χ2v) is 10.5. The SMILES string of the molecule is COc1ccccc1Oc1ccc(Cl)cc1NC(=O)CN(c1ccc(F)cc1)S(=O)(=O)c1ccc(C)cc1. The Hall–Kier alpha value is -4.08. The van der Waals surface area contributed by atoms with Crippen LogP contribution in [0.5, 0.6) is 17.2 Å². The third-order valence-corrected chi connectivity index (χ3v) is 7.54. The Kier molecular flexibility index (Phi) is 8.19. The maximum absolute atomic E-state index is 13.6. The van der Waals surface area contributed by atoms with Gasteiger partial charge in [0.1, 0.15) is 12.4 Å². The first-order valence-electron chi connectivity index (χ1n) is 11.4. The van der Waals surface area contributed by atoms with Crippen molar-refractivity contribution in [1.82, 2.24) is 0 Å². The molecule has 0 spiro atoms.